The molecule has 0 aliphatic heterocycles. The summed E-state index contributed by atoms with van der Waals surface area (Å²) in [7, 11) is -5.14. The molecular formula is C8H17NO4S2. The van der Waals surface area contributed by atoms with Crippen LogP contribution >= 0.6 is 0 Å². The largest absolute Gasteiger partial charge is 0.229 e. The lowest BCUT2D eigenvalue weighted by Crippen LogP contribution is -2.23. The van der Waals surface area contributed by atoms with Gasteiger partial charge in [0.2, 0.25) is 10.0 Å². The lowest BCUT2D eigenvalue weighted by molar-refractivity contribution is 0.585. The summed E-state index contributed by atoms with van der Waals surface area (Å²) in [6.07, 6.45) is 3.33. The predicted octanol–water partition coefficient (Wildman–Crippen LogP) is -0.0834. The molecule has 0 heterocycles. The molecule has 0 aliphatic rings. The highest BCUT2D eigenvalue weighted by Crippen LogP contribution is 1.97. The van der Waals surface area contributed by atoms with Gasteiger partial charge in [0.25, 0.3) is 0 Å². The fourth-order valence-corrected chi connectivity index (χ4v) is 3.04. The minimum absolute atomic E-state index is 0.0247. The van der Waals surface area contributed by atoms with E-state index in [4.69, 9.17) is 0 Å². The van der Waals surface area contributed by atoms with Crippen molar-refractivity contribution in [2.75, 3.05) is 24.3 Å². The monoisotopic (exact) mass is 255 g/mol. The second kappa shape index (κ2) is 6.24. The molecule has 0 fully saturated rings. The Morgan fingerprint density at radius 1 is 1.13 bits per heavy atom. The van der Waals surface area contributed by atoms with Crippen LogP contribution in [0.5, 0.6) is 0 Å². The van der Waals surface area contributed by atoms with Crippen molar-refractivity contribution < 1.29 is 16.8 Å². The summed E-state index contributed by atoms with van der Waals surface area (Å²) >= 11 is 0. The minimum Gasteiger partial charge on any atom is -0.229 e. The molecule has 15 heavy (non-hydrogen) atoms. The van der Waals surface area contributed by atoms with Gasteiger partial charge >= 0.3 is 0 Å². The second-order valence-corrected chi connectivity index (χ2v) is 7.33. The molecule has 0 unspecified atom stereocenters. The van der Waals surface area contributed by atoms with Gasteiger partial charge in [0, 0.05) is 0 Å². The molecule has 0 aromatic rings. The summed E-state index contributed by atoms with van der Waals surface area (Å²) in [6, 6.07) is 0. The van der Waals surface area contributed by atoms with Gasteiger partial charge in [0.1, 0.15) is 0 Å². The van der Waals surface area contributed by atoms with E-state index < -0.39 is 19.9 Å². The van der Waals surface area contributed by atoms with E-state index in [0.29, 0.717) is 0 Å². The van der Waals surface area contributed by atoms with E-state index in [-0.39, 0.29) is 23.7 Å². The zero-order valence-corrected chi connectivity index (χ0v) is 10.6. The Hall–Kier alpha value is -0.400. The van der Waals surface area contributed by atoms with Crippen molar-refractivity contribution in [2.24, 2.45) is 0 Å². The van der Waals surface area contributed by atoms with Gasteiger partial charge in [-0.15, -0.1) is 0 Å². The molecule has 0 radical (unpaired) electrons. The van der Waals surface area contributed by atoms with Crippen LogP contribution in [0.3, 0.4) is 0 Å². The van der Waals surface area contributed by atoms with Crippen LogP contribution in [-0.2, 0) is 19.9 Å². The molecule has 5 nitrogen and oxygen atoms in total. The van der Waals surface area contributed by atoms with Crippen molar-refractivity contribution in [3.63, 3.8) is 0 Å². The van der Waals surface area contributed by atoms with Gasteiger partial charge in [0.15, 0.2) is 9.84 Å². The van der Waals surface area contributed by atoms with Gasteiger partial charge in [-0.05, 0) is 20.4 Å². The van der Waals surface area contributed by atoms with E-state index >= 15 is 0 Å². The van der Waals surface area contributed by atoms with Crippen LogP contribution < -0.4 is 4.72 Å². The van der Waals surface area contributed by atoms with Crippen molar-refractivity contribution in [3.05, 3.63) is 12.2 Å². The van der Waals surface area contributed by atoms with E-state index in [0.717, 1.165) is 0 Å². The SMILES string of the molecule is CC=CCS(=O)(=O)CCCS(=O)(=O)NC. The van der Waals surface area contributed by atoms with Crippen LogP contribution in [0.1, 0.15) is 13.3 Å². The maximum atomic E-state index is 11.3. The third-order valence-electron chi connectivity index (χ3n) is 1.77. The Morgan fingerprint density at radius 3 is 2.20 bits per heavy atom. The standard InChI is InChI=1S/C8H17NO4S2/c1-3-4-6-14(10,11)7-5-8-15(12,13)9-2/h3-4,9H,5-8H2,1-2H3. The number of sulfonamides is 1. The lowest BCUT2D eigenvalue weighted by Gasteiger charge is -2.02. The molecule has 0 spiro atoms. The number of rotatable bonds is 7. The van der Waals surface area contributed by atoms with Gasteiger partial charge in [-0.1, -0.05) is 12.2 Å². The fourth-order valence-electron chi connectivity index (χ4n) is 0.897. The molecule has 0 atom stereocenters. The normalized spacial score (nSPS) is 13.5. The summed E-state index contributed by atoms with van der Waals surface area (Å²) < 4.78 is 46.7. The van der Waals surface area contributed by atoms with E-state index in [9.17, 15) is 16.8 Å². The Kier molecular flexibility index (Phi) is 6.07. The summed E-state index contributed by atoms with van der Waals surface area (Å²) in [5.41, 5.74) is 0. The third kappa shape index (κ3) is 7.52. The van der Waals surface area contributed by atoms with E-state index in [1.54, 1.807) is 19.1 Å². The molecule has 0 rings (SSSR count). The number of nitrogens with one attached hydrogen (secondary N) is 1. The fraction of sp³-hybridized carbons (Fsp3) is 0.750. The van der Waals surface area contributed by atoms with Crippen molar-refractivity contribution >= 4 is 19.9 Å². The second-order valence-electron chi connectivity index (χ2n) is 3.06. The lowest BCUT2D eigenvalue weighted by atomic mass is 10.6. The molecule has 0 saturated carbocycles. The molecule has 1 N–H and O–H groups in total. The van der Waals surface area contributed by atoms with Gasteiger partial charge in [-0.3, -0.25) is 0 Å². The van der Waals surface area contributed by atoms with E-state index in [2.05, 4.69) is 4.72 Å². The number of hydrogen-bond acceptors (Lipinski definition) is 4. The van der Waals surface area contributed by atoms with Gasteiger partial charge < -0.3 is 0 Å². The van der Waals surface area contributed by atoms with Gasteiger partial charge in [-0.2, -0.15) is 0 Å². The predicted molar refractivity (Wildman–Crippen MR) is 60.9 cm³/mol. The highest BCUT2D eigenvalue weighted by Gasteiger charge is 2.12. The number of hydrogen-bond donors (Lipinski definition) is 1. The van der Waals surface area contributed by atoms with Crippen molar-refractivity contribution in [3.8, 4) is 0 Å². The van der Waals surface area contributed by atoms with Crippen LogP contribution in [0.2, 0.25) is 0 Å². The van der Waals surface area contributed by atoms with Crippen LogP contribution in [0.15, 0.2) is 12.2 Å². The number of sulfone groups is 1. The molecule has 0 saturated heterocycles. The van der Waals surface area contributed by atoms with Crippen molar-refractivity contribution in [1.82, 2.24) is 4.72 Å². The summed E-state index contributed by atoms with van der Waals surface area (Å²) in [6.45, 7) is 1.74. The summed E-state index contributed by atoms with van der Waals surface area (Å²) in [4.78, 5) is 0. The van der Waals surface area contributed by atoms with Crippen molar-refractivity contribution in [2.45, 2.75) is 13.3 Å². The number of allylic oxidation sites excluding steroid dienone is 1. The molecule has 0 amide bonds. The Balaban J connectivity index is 4.07. The quantitative estimate of drug-likeness (QED) is 0.645. The first-order chi connectivity index (χ1) is 6.83. The third-order valence-corrected chi connectivity index (χ3v) is 4.82. The minimum atomic E-state index is -3.29. The Morgan fingerprint density at radius 2 is 1.73 bits per heavy atom. The Bertz CT molecular complexity index is 394. The highest BCUT2D eigenvalue weighted by atomic mass is 32.2. The molecule has 7 heteroatoms. The zero-order chi connectivity index (χ0) is 11.9. The van der Waals surface area contributed by atoms with E-state index in [1.807, 2.05) is 0 Å². The first-order valence-corrected chi connectivity index (χ1v) is 8.03. The Labute approximate surface area is 91.5 Å². The molecule has 0 aromatic carbocycles. The summed E-state index contributed by atoms with van der Waals surface area (Å²) in [5.74, 6) is -0.278. The van der Waals surface area contributed by atoms with E-state index in [1.165, 1.54) is 7.05 Å². The van der Waals surface area contributed by atoms with Crippen LogP contribution in [0, 0.1) is 0 Å². The van der Waals surface area contributed by atoms with Gasteiger partial charge in [-0.25, -0.2) is 21.6 Å². The molecule has 0 aliphatic carbocycles. The zero-order valence-electron chi connectivity index (χ0n) is 8.93. The van der Waals surface area contributed by atoms with Crippen LogP contribution in [-0.4, -0.2) is 41.1 Å². The van der Waals surface area contributed by atoms with Crippen LogP contribution in [0.4, 0.5) is 0 Å². The maximum absolute atomic E-state index is 11.3. The average molecular weight is 255 g/mol. The molecular weight excluding hydrogens is 238 g/mol. The highest BCUT2D eigenvalue weighted by molar-refractivity contribution is 7.91. The maximum Gasteiger partial charge on any atom is 0.211 e. The average Bonchev–Trinajstić information content (AvgIpc) is 2.14. The van der Waals surface area contributed by atoms with Gasteiger partial charge in [0.05, 0.1) is 17.3 Å². The molecule has 90 valence electrons. The first-order valence-electron chi connectivity index (χ1n) is 4.56. The summed E-state index contributed by atoms with van der Waals surface area (Å²) in [5, 5.41) is 0. The first kappa shape index (κ1) is 14.6. The van der Waals surface area contributed by atoms with Crippen LogP contribution in [0.25, 0.3) is 0 Å². The molecule has 0 aromatic heterocycles. The molecule has 0 bridgehead atoms. The smallest absolute Gasteiger partial charge is 0.211 e. The van der Waals surface area contributed by atoms with Crippen molar-refractivity contribution in [1.29, 1.82) is 0 Å². The topological polar surface area (TPSA) is 80.3 Å².